The van der Waals surface area contributed by atoms with E-state index in [0.29, 0.717) is 17.7 Å². The molecule has 134 valence electrons. The lowest BCUT2D eigenvalue weighted by atomic mass is 9.89. The zero-order valence-corrected chi connectivity index (χ0v) is 15.9. The number of thioether (sulfide) groups is 1. The molecular weight excluding hydrogens is 320 g/mol. The zero-order chi connectivity index (χ0) is 16.9. The Morgan fingerprint density at radius 1 is 1.12 bits per heavy atom. The number of piperidine rings is 1. The standard InChI is InChI=1S/C18H30N4OS/c1-3-21-17(15-10-5-4-6-11-15)19-20-18(21)24-13-16(23)22-12-8-7-9-14(22)2/h14-15H,3-13H2,1-2H3. The maximum atomic E-state index is 12.5. The van der Waals surface area contributed by atoms with E-state index < -0.39 is 0 Å². The van der Waals surface area contributed by atoms with E-state index >= 15 is 0 Å². The number of carbonyl (C=O) groups is 1. The minimum absolute atomic E-state index is 0.247. The first kappa shape index (κ1) is 17.8. The lowest BCUT2D eigenvalue weighted by molar-refractivity contribution is -0.131. The Hall–Kier alpha value is -1.04. The second kappa shape index (κ2) is 8.37. The van der Waals surface area contributed by atoms with E-state index in [9.17, 15) is 4.79 Å². The molecule has 1 saturated carbocycles. The van der Waals surface area contributed by atoms with E-state index in [4.69, 9.17) is 0 Å². The molecule has 1 unspecified atom stereocenters. The predicted octanol–water partition coefficient (Wildman–Crippen LogP) is 3.84. The molecule has 1 aromatic rings. The number of likely N-dealkylation sites (tertiary alicyclic amines) is 1. The summed E-state index contributed by atoms with van der Waals surface area (Å²) in [6.45, 7) is 6.11. The Morgan fingerprint density at radius 3 is 2.58 bits per heavy atom. The lowest BCUT2D eigenvalue weighted by Gasteiger charge is -2.33. The van der Waals surface area contributed by atoms with Crippen LogP contribution in [0.2, 0.25) is 0 Å². The molecule has 2 heterocycles. The molecule has 0 radical (unpaired) electrons. The van der Waals surface area contributed by atoms with Gasteiger partial charge in [-0.1, -0.05) is 31.0 Å². The van der Waals surface area contributed by atoms with E-state index in [1.807, 2.05) is 4.90 Å². The van der Waals surface area contributed by atoms with Crippen LogP contribution in [-0.4, -0.2) is 43.9 Å². The SMILES string of the molecule is CCn1c(SCC(=O)N2CCCCC2C)nnc1C1CCCCC1. The normalized spacial score (nSPS) is 22.8. The summed E-state index contributed by atoms with van der Waals surface area (Å²) >= 11 is 1.56. The fourth-order valence-electron chi connectivity index (χ4n) is 4.04. The summed E-state index contributed by atoms with van der Waals surface area (Å²) in [5.74, 6) is 2.42. The van der Waals surface area contributed by atoms with Crippen molar-refractivity contribution in [3.05, 3.63) is 5.82 Å². The van der Waals surface area contributed by atoms with E-state index in [-0.39, 0.29) is 5.91 Å². The van der Waals surface area contributed by atoms with Gasteiger partial charge in [-0.25, -0.2) is 0 Å². The van der Waals surface area contributed by atoms with Gasteiger partial charge in [0.1, 0.15) is 5.82 Å². The molecule has 2 fully saturated rings. The maximum absolute atomic E-state index is 12.5. The van der Waals surface area contributed by atoms with Crippen LogP contribution in [0.5, 0.6) is 0 Å². The van der Waals surface area contributed by atoms with Gasteiger partial charge in [-0.3, -0.25) is 4.79 Å². The van der Waals surface area contributed by atoms with E-state index in [2.05, 4.69) is 28.6 Å². The van der Waals surface area contributed by atoms with Gasteiger partial charge >= 0.3 is 0 Å². The Kier molecular flexibility index (Phi) is 6.19. The Morgan fingerprint density at radius 2 is 1.88 bits per heavy atom. The summed E-state index contributed by atoms with van der Waals surface area (Å²) in [5, 5.41) is 9.80. The third-order valence-corrected chi connectivity index (χ3v) is 6.43. The number of rotatable bonds is 5. The van der Waals surface area contributed by atoms with Crippen LogP contribution < -0.4 is 0 Å². The second-order valence-electron chi connectivity index (χ2n) is 7.14. The van der Waals surface area contributed by atoms with Crippen LogP contribution >= 0.6 is 11.8 Å². The summed E-state index contributed by atoms with van der Waals surface area (Å²) in [6.07, 6.45) is 9.92. The number of aromatic nitrogens is 3. The van der Waals surface area contributed by atoms with Crippen LogP contribution in [0.3, 0.4) is 0 Å². The molecule has 24 heavy (non-hydrogen) atoms. The van der Waals surface area contributed by atoms with Crippen LogP contribution in [0.1, 0.15) is 77.0 Å². The average Bonchev–Trinajstić information content (AvgIpc) is 3.03. The summed E-state index contributed by atoms with van der Waals surface area (Å²) < 4.78 is 2.23. The van der Waals surface area contributed by atoms with Crippen molar-refractivity contribution >= 4 is 17.7 Å². The van der Waals surface area contributed by atoms with Crippen molar-refractivity contribution in [2.24, 2.45) is 0 Å². The molecule has 2 aliphatic rings. The van der Waals surface area contributed by atoms with Gasteiger partial charge in [0, 0.05) is 25.0 Å². The molecule has 1 atom stereocenters. The molecule has 1 amide bonds. The van der Waals surface area contributed by atoms with Crippen molar-refractivity contribution < 1.29 is 4.79 Å². The van der Waals surface area contributed by atoms with Crippen LogP contribution in [0.15, 0.2) is 5.16 Å². The molecule has 5 nitrogen and oxygen atoms in total. The summed E-state index contributed by atoms with van der Waals surface area (Å²) in [4.78, 5) is 14.6. The minimum Gasteiger partial charge on any atom is -0.339 e. The topological polar surface area (TPSA) is 51.0 Å². The smallest absolute Gasteiger partial charge is 0.233 e. The van der Waals surface area contributed by atoms with Crippen molar-refractivity contribution in [1.29, 1.82) is 0 Å². The fourth-order valence-corrected chi connectivity index (χ4v) is 4.94. The van der Waals surface area contributed by atoms with Crippen LogP contribution in [0.4, 0.5) is 0 Å². The van der Waals surface area contributed by atoms with Crippen molar-refractivity contribution in [1.82, 2.24) is 19.7 Å². The predicted molar refractivity (Wildman–Crippen MR) is 97.3 cm³/mol. The highest BCUT2D eigenvalue weighted by molar-refractivity contribution is 7.99. The van der Waals surface area contributed by atoms with Gasteiger partial charge < -0.3 is 9.47 Å². The highest BCUT2D eigenvalue weighted by atomic mass is 32.2. The highest BCUT2D eigenvalue weighted by Crippen LogP contribution is 2.33. The van der Waals surface area contributed by atoms with E-state index in [1.54, 1.807) is 11.8 Å². The van der Waals surface area contributed by atoms with E-state index in [0.717, 1.165) is 36.9 Å². The van der Waals surface area contributed by atoms with Gasteiger partial charge in [0.05, 0.1) is 5.75 Å². The lowest BCUT2D eigenvalue weighted by Crippen LogP contribution is -2.43. The number of amides is 1. The number of hydrogen-bond donors (Lipinski definition) is 0. The first-order valence-corrected chi connectivity index (χ1v) is 10.5. The second-order valence-corrected chi connectivity index (χ2v) is 8.08. The largest absolute Gasteiger partial charge is 0.339 e. The highest BCUT2D eigenvalue weighted by Gasteiger charge is 2.25. The first-order valence-electron chi connectivity index (χ1n) is 9.56. The molecular formula is C18H30N4OS. The van der Waals surface area contributed by atoms with Gasteiger partial charge in [0.25, 0.3) is 0 Å². The molecule has 0 bridgehead atoms. The van der Waals surface area contributed by atoms with Crippen LogP contribution in [0.25, 0.3) is 0 Å². The molecule has 3 rings (SSSR count). The Balaban J connectivity index is 1.62. The number of hydrogen-bond acceptors (Lipinski definition) is 4. The summed E-state index contributed by atoms with van der Waals surface area (Å²) in [5.41, 5.74) is 0. The van der Waals surface area contributed by atoms with Crippen molar-refractivity contribution in [2.45, 2.75) is 88.9 Å². The van der Waals surface area contributed by atoms with Crippen LogP contribution in [0, 0.1) is 0 Å². The summed E-state index contributed by atoms with van der Waals surface area (Å²) in [7, 11) is 0. The van der Waals surface area contributed by atoms with Crippen molar-refractivity contribution in [3.63, 3.8) is 0 Å². The van der Waals surface area contributed by atoms with Gasteiger partial charge in [-0.15, -0.1) is 10.2 Å². The molecule has 0 N–H and O–H groups in total. The van der Waals surface area contributed by atoms with Crippen molar-refractivity contribution in [3.8, 4) is 0 Å². The summed E-state index contributed by atoms with van der Waals surface area (Å²) in [6, 6.07) is 0.383. The zero-order valence-electron chi connectivity index (χ0n) is 15.0. The molecule has 0 spiro atoms. The van der Waals surface area contributed by atoms with Crippen LogP contribution in [-0.2, 0) is 11.3 Å². The fraction of sp³-hybridized carbons (Fsp3) is 0.833. The Bertz CT molecular complexity index is 553. The Labute approximate surface area is 149 Å². The monoisotopic (exact) mass is 350 g/mol. The number of carbonyl (C=O) groups excluding carboxylic acids is 1. The average molecular weight is 351 g/mol. The van der Waals surface area contributed by atoms with Gasteiger partial charge in [0.15, 0.2) is 5.16 Å². The molecule has 1 saturated heterocycles. The first-order chi connectivity index (χ1) is 11.7. The molecule has 6 heteroatoms. The van der Waals surface area contributed by atoms with E-state index in [1.165, 1.54) is 38.5 Å². The molecule has 1 aliphatic carbocycles. The third kappa shape index (κ3) is 3.95. The maximum Gasteiger partial charge on any atom is 0.233 e. The molecule has 1 aliphatic heterocycles. The van der Waals surface area contributed by atoms with Gasteiger partial charge in [-0.2, -0.15) is 0 Å². The molecule has 1 aromatic heterocycles. The van der Waals surface area contributed by atoms with Crippen molar-refractivity contribution in [2.75, 3.05) is 12.3 Å². The third-order valence-electron chi connectivity index (χ3n) is 5.48. The van der Waals surface area contributed by atoms with Gasteiger partial charge in [0.2, 0.25) is 5.91 Å². The molecule has 0 aromatic carbocycles. The minimum atomic E-state index is 0.247. The number of nitrogens with zero attached hydrogens (tertiary/aromatic N) is 4. The quantitative estimate of drug-likeness (QED) is 0.757. The van der Waals surface area contributed by atoms with Gasteiger partial charge in [-0.05, 0) is 46.0 Å².